The molecule has 0 aliphatic heterocycles. The monoisotopic (exact) mass is 236 g/mol. The van der Waals surface area contributed by atoms with E-state index in [1.54, 1.807) is 6.92 Å². The molecule has 0 N–H and O–H groups in total. The van der Waals surface area contributed by atoms with Crippen LogP contribution in [0.25, 0.3) is 0 Å². The number of nitrogens with zero attached hydrogens (tertiary/aromatic N) is 2. The first kappa shape index (κ1) is 12.5. The fourth-order valence-corrected chi connectivity index (χ4v) is 1.23. The molecule has 1 aromatic heterocycles. The van der Waals surface area contributed by atoms with Crippen molar-refractivity contribution in [3.8, 4) is 6.01 Å². The van der Waals surface area contributed by atoms with E-state index < -0.39 is 23.0 Å². The molecule has 0 bridgehead atoms. The van der Waals surface area contributed by atoms with Gasteiger partial charge in [0.05, 0.1) is 6.61 Å². The zero-order valence-corrected chi connectivity index (χ0v) is 9.05. The Balaban J connectivity index is 3.48. The van der Waals surface area contributed by atoms with Gasteiger partial charge in [0.2, 0.25) is 0 Å². The van der Waals surface area contributed by atoms with Crippen molar-refractivity contribution in [3.05, 3.63) is 21.6 Å². The molecule has 0 amide bonds. The molecule has 0 radical (unpaired) electrons. The first-order valence-electron chi connectivity index (χ1n) is 4.56. The SMILES string of the molecule is CCOc1nc(C(F)(F)F)c(C)c(=O)n1C. The lowest BCUT2D eigenvalue weighted by atomic mass is 10.2. The predicted octanol–water partition coefficient (Wildman–Crippen LogP) is 1.51. The molecule has 0 saturated heterocycles. The number of hydrogen-bond acceptors (Lipinski definition) is 3. The normalized spacial score (nSPS) is 11.6. The second kappa shape index (κ2) is 4.15. The van der Waals surface area contributed by atoms with E-state index in [0.717, 1.165) is 11.5 Å². The Morgan fingerprint density at radius 1 is 1.44 bits per heavy atom. The molecule has 1 heterocycles. The van der Waals surface area contributed by atoms with Crippen LogP contribution in [0.2, 0.25) is 0 Å². The molecule has 0 aliphatic carbocycles. The van der Waals surface area contributed by atoms with Gasteiger partial charge in [0.1, 0.15) is 0 Å². The Labute approximate surface area is 89.7 Å². The maximum Gasteiger partial charge on any atom is 0.434 e. The minimum atomic E-state index is -4.65. The second-order valence-electron chi connectivity index (χ2n) is 3.16. The second-order valence-corrected chi connectivity index (χ2v) is 3.16. The highest BCUT2D eigenvalue weighted by Gasteiger charge is 2.36. The summed E-state index contributed by atoms with van der Waals surface area (Å²) in [5.41, 5.74) is -2.39. The average Bonchev–Trinajstić information content (AvgIpc) is 2.17. The maximum atomic E-state index is 12.5. The summed E-state index contributed by atoms with van der Waals surface area (Å²) in [7, 11) is 1.31. The molecule has 0 saturated carbocycles. The molecule has 7 heteroatoms. The van der Waals surface area contributed by atoms with Crippen LogP contribution in [-0.2, 0) is 13.2 Å². The van der Waals surface area contributed by atoms with Crippen molar-refractivity contribution in [2.24, 2.45) is 7.05 Å². The summed E-state index contributed by atoms with van der Waals surface area (Å²) in [6, 6.07) is -0.328. The fraction of sp³-hybridized carbons (Fsp3) is 0.556. The van der Waals surface area contributed by atoms with E-state index in [-0.39, 0.29) is 12.6 Å². The van der Waals surface area contributed by atoms with Crippen molar-refractivity contribution in [1.29, 1.82) is 0 Å². The van der Waals surface area contributed by atoms with Gasteiger partial charge in [0.15, 0.2) is 5.69 Å². The van der Waals surface area contributed by atoms with E-state index in [4.69, 9.17) is 4.74 Å². The number of aromatic nitrogens is 2. The van der Waals surface area contributed by atoms with Crippen molar-refractivity contribution in [3.63, 3.8) is 0 Å². The summed E-state index contributed by atoms with van der Waals surface area (Å²) in [5, 5.41) is 0. The first-order valence-corrected chi connectivity index (χ1v) is 4.56. The van der Waals surface area contributed by atoms with Crippen LogP contribution in [0.15, 0.2) is 4.79 Å². The van der Waals surface area contributed by atoms with Crippen LogP contribution in [0.4, 0.5) is 13.2 Å². The van der Waals surface area contributed by atoms with E-state index in [0.29, 0.717) is 0 Å². The summed E-state index contributed by atoms with van der Waals surface area (Å²) >= 11 is 0. The molecule has 90 valence electrons. The van der Waals surface area contributed by atoms with Gasteiger partial charge < -0.3 is 4.74 Å². The van der Waals surface area contributed by atoms with E-state index in [2.05, 4.69) is 4.98 Å². The van der Waals surface area contributed by atoms with Crippen LogP contribution in [0, 0.1) is 6.92 Å². The number of alkyl halides is 3. The van der Waals surface area contributed by atoms with Gasteiger partial charge in [-0.25, -0.2) is 0 Å². The van der Waals surface area contributed by atoms with E-state index in [9.17, 15) is 18.0 Å². The van der Waals surface area contributed by atoms with E-state index >= 15 is 0 Å². The van der Waals surface area contributed by atoms with Gasteiger partial charge in [-0.2, -0.15) is 18.2 Å². The lowest BCUT2D eigenvalue weighted by Gasteiger charge is -2.13. The van der Waals surface area contributed by atoms with E-state index in [1.807, 2.05) is 0 Å². The van der Waals surface area contributed by atoms with Gasteiger partial charge in [-0.05, 0) is 13.8 Å². The summed E-state index contributed by atoms with van der Waals surface area (Å²) in [6.07, 6.45) is -4.65. The molecule has 0 fully saturated rings. The molecule has 4 nitrogen and oxygen atoms in total. The molecule has 16 heavy (non-hydrogen) atoms. The van der Waals surface area contributed by atoms with Gasteiger partial charge >= 0.3 is 6.18 Å². The van der Waals surface area contributed by atoms with Crippen molar-refractivity contribution < 1.29 is 17.9 Å². The van der Waals surface area contributed by atoms with Crippen molar-refractivity contribution in [2.75, 3.05) is 6.61 Å². The van der Waals surface area contributed by atoms with Gasteiger partial charge in [-0.1, -0.05) is 0 Å². The third-order valence-corrected chi connectivity index (χ3v) is 2.02. The number of hydrogen-bond donors (Lipinski definition) is 0. The summed E-state index contributed by atoms with van der Waals surface area (Å²) < 4.78 is 43.4. The number of rotatable bonds is 2. The molecule has 0 aromatic carbocycles. The van der Waals surface area contributed by atoms with Crippen LogP contribution in [0.1, 0.15) is 18.2 Å². The van der Waals surface area contributed by atoms with Gasteiger partial charge in [-0.15, -0.1) is 0 Å². The van der Waals surface area contributed by atoms with E-state index in [1.165, 1.54) is 7.05 Å². The van der Waals surface area contributed by atoms with Crippen LogP contribution in [-0.4, -0.2) is 16.2 Å². The third kappa shape index (κ3) is 2.17. The highest BCUT2D eigenvalue weighted by atomic mass is 19.4. The van der Waals surface area contributed by atoms with Gasteiger partial charge in [0.25, 0.3) is 11.6 Å². The molecular formula is C9H11F3N2O2. The molecule has 0 unspecified atom stereocenters. The lowest BCUT2D eigenvalue weighted by Crippen LogP contribution is -2.27. The Bertz CT molecular complexity index is 451. The standard InChI is InChI=1S/C9H11F3N2O2/c1-4-16-8-13-6(9(10,11)12)5(2)7(15)14(8)3/h4H2,1-3H3. The Morgan fingerprint density at radius 3 is 2.44 bits per heavy atom. The molecular weight excluding hydrogens is 225 g/mol. The minimum Gasteiger partial charge on any atom is -0.465 e. The Morgan fingerprint density at radius 2 is 2.00 bits per heavy atom. The molecule has 1 aromatic rings. The van der Waals surface area contributed by atoms with Crippen LogP contribution < -0.4 is 10.3 Å². The smallest absolute Gasteiger partial charge is 0.434 e. The minimum absolute atomic E-state index is 0.140. The lowest BCUT2D eigenvalue weighted by molar-refractivity contribution is -0.142. The van der Waals surface area contributed by atoms with Crippen LogP contribution >= 0.6 is 0 Å². The quantitative estimate of drug-likeness (QED) is 0.781. The number of halogens is 3. The molecule has 0 spiro atoms. The van der Waals surface area contributed by atoms with Gasteiger partial charge in [0, 0.05) is 12.6 Å². The predicted molar refractivity (Wildman–Crippen MR) is 50.4 cm³/mol. The molecule has 0 aliphatic rings. The van der Waals surface area contributed by atoms with Crippen molar-refractivity contribution in [1.82, 2.24) is 9.55 Å². The van der Waals surface area contributed by atoms with Gasteiger partial charge in [-0.3, -0.25) is 9.36 Å². The fourth-order valence-electron chi connectivity index (χ4n) is 1.23. The van der Waals surface area contributed by atoms with Crippen LogP contribution in [0.5, 0.6) is 6.01 Å². The average molecular weight is 236 g/mol. The summed E-state index contributed by atoms with van der Waals surface area (Å²) in [6.45, 7) is 2.83. The topological polar surface area (TPSA) is 44.1 Å². The molecule has 1 rings (SSSR count). The summed E-state index contributed by atoms with van der Waals surface area (Å²) in [5.74, 6) is 0. The first-order chi connectivity index (χ1) is 7.29. The third-order valence-electron chi connectivity index (χ3n) is 2.02. The van der Waals surface area contributed by atoms with Crippen molar-refractivity contribution >= 4 is 0 Å². The molecule has 0 atom stereocenters. The maximum absolute atomic E-state index is 12.5. The number of ether oxygens (including phenoxy) is 1. The Hall–Kier alpha value is -1.53. The summed E-state index contributed by atoms with van der Waals surface area (Å²) in [4.78, 5) is 14.8. The Kier molecular flexibility index (Phi) is 3.25. The highest BCUT2D eigenvalue weighted by Crippen LogP contribution is 2.29. The highest BCUT2D eigenvalue weighted by molar-refractivity contribution is 5.21. The largest absolute Gasteiger partial charge is 0.465 e. The zero-order valence-electron chi connectivity index (χ0n) is 9.05. The zero-order chi connectivity index (χ0) is 12.5. The van der Waals surface area contributed by atoms with Crippen molar-refractivity contribution in [2.45, 2.75) is 20.0 Å². The van der Waals surface area contributed by atoms with Crippen LogP contribution in [0.3, 0.4) is 0 Å².